The van der Waals surface area contributed by atoms with E-state index >= 15 is 0 Å². The molecule has 0 bridgehead atoms. The van der Waals surface area contributed by atoms with Crippen molar-refractivity contribution < 1.29 is 9.53 Å². The van der Waals surface area contributed by atoms with Crippen LogP contribution in [0.1, 0.15) is 47.5 Å². The Morgan fingerprint density at radius 1 is 1.22 bits per heavy atom. The summed E-state index contributed by atoms with van der Waals surface area (Å²) in [7, 11) is 0. The standard InChI is InChI=1S/C14H28N2O2/c1-6-15(7-2)12-8-10-16(11-9-12)13(17)18-14(3,4)5/h12H,6-11H2,1-5H3. The summed E-state index contributed by atoms with van der Waals surface area (Å²) < 4.78 is 5.40. The Kier molecular flexibility index (Phi) is 5.45. The molecule has 0 aromatic rings. The van der Waals surface area contributed by atoms with Gasteiger partial charge in [0.25, 0.3) is 0 Å². The number of carbonyl (C=O) groups is 1. The molecular weight excluding hydrogens is 228 g/mol. The lowest BCUT2D eigenvalue weighted by Gasteiger charge is -2.38. The van der Waals surface area contributed by atoms with Gasteiger partial charge in [0.05, 0.1) is 0 Å². The van der Waals surface area contributed by atoms with Crippen LogP contribution in [0.25, 0.3) is 0 Å². The van der Waals surface area contributed by atoms with Crippen molar-refractivity contribution in [3.8, 4) is 0 Å². The Hall–Kier alpha value is -0.770. The largest absolute Gasteiger partial charge is 0.444 e. The molecule has 0 aliphatic carbocycles. The average Bonchev–Trinajstić information content (AvgIpc) is 2.29. The number of piperidine rings is 1. The van der Waals surface area contributed by atoms with E-state index in [0.717, 1.165) is 39.0 Å². The summed E-state index contributed by atoms with van der Waals surface area (Å²) in [6, 6.07) is 0.624. The van der Waals surface area contributed by atoms with Crippen LogP contribution in [0.5, 0.6) is 0 Å². The van der Waals surface area contributed by atoms with E-state index in [-0.39, 0.29) is 6.09 Å². The van der Waals surface area contributed by atoms with Gasteiger partial charge in [0, 0.05) is 19.1 Å². The molecule has 1 fully saturated rings. The van der Waals surface area contributed by atoms with Gasteiger partial charge in [0.15, 0.2) is 0 Å². The van der Waals surface area contributed by atoms with Gasteiger partial charge in [-0.3, -0.25) is 0 Å². The Morgan fingerprint density at radius 2 is 1.72 bits per heavy atom. The van der Waals surface area contributed by atoms with Crippen LogP contribution < -0.4 is 0 Å². The zero-order valence-electron chi connectivity index (χ0n) is 12.5. The molecule has 0 unspecified atom stereocenters. The van der Waals surface area contributed by atoms with E-state index < -0.39 is 5.60 Å². The fourth-order valence-electron chi connectivity index (χ4n) is 2.48. The molecular formula is C14H28N2O2. The normalized spacial score (nSPS) is 18.2. The van der Waals surface area contributed by atoms with E-state index in [1.165, 1.54) is 0 Å². The van der Waals surface area contributed by atoms with E-state index in [1.54, 1.807) is 0 Å². The minimum atomic E-state index is -0.396. The lowest BCUT2D eigenvalue weighted by Crippen LogP contribution is -2.47. The highest BCUT2D eigenvalue weighted by Crippen LogP contribution is 2.18. The summed E-state index contributed by atoms with van der Waals surface area (Å²) in [5, 5.41) is 0. The number of hydrogen-bond donors (Lipinski definition) is 0. The smallest absolute Gasteiger partial charge is 0.410 e. The van der Waals surface area contributed by atoms with E-state index in [0.29, 0.717) is 6.04 Å². The third kappa shape index (κ3) is 4.48. The Labute approximate surface area is 111 Å². The van der Waals surface area contributed by atoms with Crippen LogP contribution in [0.3, 0.4) is 0 Å². The molecule has 1 aliphatic heterocycles. The van der Waals surface area contributed by atoms with Crippen LogP contribution in [0.15, 0.2) is 0 Å². The van der Waals surface area contributed by atoms with Crippen LogP contribution in [0.2, 0.25) is 0 Å². The van der Waals surface area contributed by atoms with Gasteiger partial charge in [-0.2, -0.15) is 0 Å². The third-order valence-electron chi connectivity index (χ3n) is 3.44. The molecule has 1 saturated heterocycles. The molecule has 0 aromatic carbocycles. The van der Waals surface area contributed by atoms with Gasteiger partial charge >= 0.3 is 6.09 Å². The van der Waals surface area contributed by atoms with Crippen molar-refractivity contribution in [1.82, 2.24) is 9.80 Å². The lowest BCUT2D eigenvalue weighted by molar-refractivity contribution is 0.0149. The molecule has 0 saturated carbocycles. The highest BCUT2D eigenvalue weighted by atomic mass is 16.6. The predicted octanol–water partition coefficient (Wildman–Crippen LogP) is 2.73. The SMILES string of the molecule is CCN(CC)C1CCN(C(=O)OC(C)(C)C)CC1. The summed E-state index contributed by atoms with van der Waals surface area (Å²) in [6.45, 7) is 13.9. The fraction of sp³-hybridized carbons (Fsp3) is 0.929. The molecule has 106 valence electrons. The second-order valence-electron chi connectivity index (χ2n) is 5.92. The second kappa shape index (κ2) is 6.41. The van der Waals surface area contributed by atoms with Gasteiger partial charge in [-0.25, -0.2) is 4.79 Å². The Balaban J connectivity index is 2.41. The minimum Gasteiger partial charge on any atom is -0.444 e. The number of hydrogen-bond acceptors (Lipinski definition) is 3. The molecule has 1 rings (SSSR count). The molecule has 4 heteroatoms. The minimum absolute atomic E-state index is 0.166. The van der Waals surface area contributed by atoms with Crippen LogP contribution in [0, 0.1) is 0 Å². The maximum atomic E-state index is 11.9. The van der Waals surface area contributed by atoms with Crippen LogP contribution >= 0.6 is 0 Å². The number of carbonyl (C=O) groups excluding carboxylic acids is 1. The molecule has 1 heterocycles. The quantitative estimate of drug-likeness (QED) is 0.778. The van der Waals surface area contributed by atoms with Crippen LogP contribution in [-0.2, 0) is 4.74 Å². The molecule has 18 heavy (non-hydrogen) atoms. The molecule has 1 aliphatic rings. The summed E-state index contributed by atoms with van der Waals surface area (Å²) in [4.78, 5) is 16.2. The lowest BCUT2D eigenvalue weighted by atomic mass is 10.0. The maximum Gasteiger partial charge on any atom is 0.410 e. The second-order valence-corrected chi connectivity index (χ2v) is 5.92. The average molecular weight is 256 g/mol. The monoisotopic (exact) mass is 256 g/mol. The molecule has 0 atom stereocenters. The first-order valence-corrected chi connectivity index (χ1v) is 7.09. The first-order valence-electron chi connectivity index (χ1n) is 7.09. The predicted molar refractivity (Wildman–Crippen MR) is 73.8 cm³/mol. The number of amides is 1. The van der Waals surface area contributed by atoms with Gasteiger partial charge in [0.2, 0.25) is 0 Å². The Bertz CT molecular complexity index is 261. The number of nitrogens with zero attached hydrogens (tertiary/aromatic N) is 2. The topological polar surface area (TPSA) is 32.8 Å². The highest BCUT2D eigenvalue weighted by molar-refractivity contribution is 5.68. The molecule has 0 N–H and O–H groups in total. The van der Waals surface area contributed by atoms with Gasteiger partial charge in [-0.1, -0.05) is 13.8 Å². The molecule has 4 nitrogen and oxygen atoms in total. The van der Waals surface area contributed by atoms with Crippen molar-refractivity contribution in [2.75, 3.05) is 26.2 Å². The summed E-state index contributed by atoms with van der Waals surface area (Å²) in [5.74, 6) is 0. The highest BCUT2D eigenvalue weighted by Gasteiger charge is 2.28. The van der Waals surface area contributed by atoms with Crippen LogP contribution in [0.4, 0.5) is 4.79 Å². The molecule has 0 radical (unpaired) electrons. The molecule has 0 spiro atoms. The zero-order chi connectivity index (χ0) is 13.8. The van der Waals surface area contributed by atoms with Gasteiger partial charge in [-0.05, 0) is 46.7 Å². The number of likely N-dealkylation sites (tertiary alicyclic amines) is 1. The molecule has 1 amide bonds. The van der Waals surface area contributed by atoms with Crippen molar-refractivity contribution in [1.29, 1.82) is 0 Å². The van der Waals surface area contributed by atoms with Gasteiger partial charge in [-0.15, -0.1) is 0 Å². The van der Waals surface area contributed by atoms with Crippen molar-refractivity contribution >= 4 is 6.09 Å². The fourth-order valence-corrected chi connectivity index (χ4v) is 2.48. The number of rotatable bonds is 3. The third-order valence-corrected chi connectivity index (χ3v) is 3.44. The van der Waals surface area contributed by atoms with E-state index in [2.05, 4.69) is 18.7 Å². The van der Waals surface area contributed by atoms with E-state index in [4.69, 9.17) is 4.74 Å². The summed E-state index contributed by atoms with van der Waals surface area (Å²) >= 11 is 0. The van der Waals surface area contributed by atoms with Gasteiger partial charge < -0.3 is 14.5 Å². The Morgan fingerprint density at radius 3 is 2.11 bits per heavy atom. The van der Waals surface area contributed by atoms with E-state index in [1.807, 2.05) is 25.7 Å². The maximum absolute atomic E-state index is 11.9. The summed E-state index contributed by atoms with van der Waals surface area (Å²) in [5.41, 5.74) is -0.396. The van der Waals surface area contributed by atoms with Crippen LogP contribution in [-0.4, -0.2) is 53.7 Å². The van der Waals surface area contributed by atoms with Crippen molar-refractivity contribution in [2.45, 2.75) is 59.1 Å². The van der Waals surface area contributed by atoms with Crippen molar-refractivity contribution in [3.05, 3.63) is 0 Å². The van der Waals surface area contributed by atoms with Crippen molar-refractivity contribution in [3.63, 3.8) is 0 Å². The molecule has 0 aromatic heterocycles. The first kappa shape index (κ1) is 15.3. The summed E-state index contributed by atoms with van der Waals surface area (Å²) in [6.07, 6.45) is 1.95. The van der Waals surface area contributed by atoms with Gasteiger partial charge in [0.1, 0.15) is 5.60 Å². The first-order chi connectivity index (χ1) is 8.37. The number of ether oxygens (including phenoxy) is 1. The van der Waals surface area contributed by atoms with Crippen molar-refractivity contribution in [2.24, 2.45) is 0 Å². The zero-order valence-corrected chi connectivity index (χ0v) is 12.5. The van der Waals surface area contributed by atoms with E-state index in [9.17, 15) is 4.79 Å².